The summed E-state index contributed by atoms with van der Waals surface area (Å²) in [5.74, 6) is 6.47. The monoisotopic (exact) mass is 438 g/mol. The van der Waals surface area contributed by atoms with Gasteiger partial charge in [0.1, 0.15) is 0 Å². The number of nitrogens with zero attached hydrogens (tertiary/aromatic N) is 7. The van der Waals surface area contributed by atoms with Crippen LogP contribution in [-0.2, 0) is 0 Å². The number of nitrogens with two attached hydrogens (primary N) is 1. The predicted octanol–water partition coefficient (Wildman–Crippen LogP) is 2.95. The minimum Gasteiger partial charge on any atom is -0.320 e. The molecule has 1 aromatic heterocycles. The first-order valence-corrected chi connectivity index (χ1v) is 12.1. The number of likely N-dealkylation sites (tertiary alicyclic amines) is 2. The van der Waals surface area contributed by atoms with Crippen LogP contribution in [-0.4, -0.2) is 67.9 Å². The molecule has 9 nitrogen and oxygen atoms in total. The van der Waals surface area contributed by atoms with Gasteiger partial charge in [-0.15, -0.1) is 9.89 Å². The molecular weight excluding hydrogens is 404 g/mol. The second-order valence-electron chi connectivity index (χ2n) is 9.38. The van der Waals surface area contributed by atoms with Gasteiger partial charge in [0.15, 0.2) is 5.82 Å². The smallest absolute Gasteiger partial charge is 0.320 e. The summed E-state index contributed by atoms with van der Waals surface area (Å²) in [4.78, 5) is 21.8. The van der Waals surface area contributed by atoms with Gasteiger partial charge in [0, 0.05) is 37.4 Å². The maximum atomic E-state index is 14.0. The van der Waals surface area contributed by atoms with Crippen molar-refractivity contribution in [3.63, 3.8) is 0 Å². The highest BCUT2D eigenvalue weighted by Gasteiger charge is 2.39. The van der Waals surface area contributed by atoms with Crippen LogP contribution in [0, 0.1) is 0 Å². The van der Waals surface area contributed by atoms with Gasteiger partial charge in [-0.3, -0.25) is 4.90 Å². The quantitative estimate of drug-likeness (QED) is 0.738. The summed E-state index contributed by atoms with van der Waals surface area (Å²) in [6.45, 7) is 2.83. The Kier molecular flexibility index (Phi) is 6.25. The zero-order valence-electron chi connectivity index (χ0n) is 18.7. The first-order chi connectivity index (χ1) is 15.7. The highest BCUT2D eigenvalue weighted by atomic mass is 16.2. The minimum atomic E-state index is -0.184. The van der Waals surface area contributed by atoms with Crippen LogP contribution < -0.4 is 10.7 Å². The SMILES string of the molecule is Nn1nnnc1[C@@H]1CCCN1C(=O)N(c1ccccc1)C1CCN(C2CCCCC2)CC1. The Morgan fingerprint density at radius 2 is 1.69 bits per heavy atom. The molecule has 2 aliphatic heterocycles. The van der Waals surface area contributed by atoms with Crippen molar-refractivity contribution in [2.24, 2.45) is 0 Å². The number of para-hydroxylation sites is 1. The van der Waals surface area contributed by atoms with E-state index < -0.39 is 0 Å². The molecule has 2 N–H and O–H groups in total. The van der Waals surface area contributed by atoms with Crippen LogP contribution in [0.4, 0.5) is 10.5 Å². The van der Waals surface area contributed by atoms with Gasteiger partial charge in [0.2, 0.25) is 0 Å². The predicted molar refractivity (Wildman–Crippen MR) is 122 cm³/mol. The number of rotatable bonds is 4. The third-order valence-electron chi connectivity index (χ3n) is 7.51. The van der Waals surface area contributed by atoms with Crippen LogP contribution in [0.1, 0.15) is 69.7 Å². The van der Waals surface area contributed by atoms with Crippen LogP contribution in [0.25, 0.3) is 0 Å². The standard InChI is InChI=1S/C23H34N8O/c24-31-22(25-26-27-31)21-12-7-15-29(21)23(32)30(19-10-5-2-6-11-19)20-13-16-28(17-14-20)18-8-3-1-4-9-18/h2,5-6,10-11,18,20-21H,1,3-4,7-9,12-17,24H2/t21-/m0/s1. The van der Waals surface area contributed by atoms with Crippen LogP contribution in [0.15, 0.2) is 30.3 Å². The third kappa shape index (κ3) is 4.18. The Labute approximate surface area is 189 Å². The fraction of sp³-hybridized carbons (Fsp3) is 0.652. The Bertz CT molecular complexity index is 888. The zero-order valence-corrected chi connectivity index (χ0v) is 18.7. The molecular formula is C23H34N8O. The maximum Gasteiger partial charge on any atom is 0.325 e. The minimum absolute atomic E-state index is 0.0396. The van der Waals surface area contributed by atoms with E-state index in [-0.39, 0.29) is 18.1 Å². The van der Waals surface area contributed by atoms with Gasteiger partial charge in [0.25, 0.3) is 0 Å². The van der Waals surface area contributed by atoms with Gasteiger partial charge < -0.3 is 15.6 Å². The van der Waals surface area contributed by atoms with E-state index in [9.17, 15) is 4.79 Å². The molecule has 5 rings (SSSR count). The number of benzene rings is 1. The van der Waals surface area contributed by atoms with E-state index in [0.29, 0.717) is 12.4 Å². The summed E-state index contributed by atoms with van der Waals surface area (Å²) in [6.07, 6.45) is 10.5. The number of anilines is 1. The number of tetrazole rings is 1. The topological polar surface area (TPSA) is 96.4 Å². The lowest BCUT2D eigenvalue weighted by atomic mass is 9.91. The van der Waals surface area contributed by atoms with Gasteiger partial charge in [-0.05, 0) is 61.1 Å². The molecule has 3 heterocycles. The normalized spacial score (nSPS) is 23.5. The number of hydrogen-bond acceptors (Lipinski definition) is 6. The summed E-state index contributed by atoms with van der Waals surface area (Å²) in [7, 11) is 0. The Hall–Kier alpha value is -2.68. The average molecular weight is 439 g/mol. The maximum absolute atomic E-state index is 14.0. The van der Waals surface area contributed by atoms with Gasteiger partial charge in [-0.1, -0.05) is 37.5 Å². The summed E-state index contributed by atoms with van der Waals surface area (Å²) in [5.41, 5.74) is 0.964. The molecule has 2 aromatic rings. The van der Waals surface area contributed by atoms with Crippen molar-refractivity contribution in [3.8, 4) is 0 Å². The van der Waals surface area contributed by atoms with E-state index in [1.165, 1.54) is 36.9 Å². The van der Waals surface area contributed by atoms with Gasteiger partial charge in [0.05, 0.1) is 6.04 Å². The highest BCUT2D eigenvalue weighted by Crippen LogP contribution is 2.34. The second-order valence-corrected chi connectivity index (χ2v) is 9.38. The van der Waals surface area contributed by atoms with E-state index in [1.807, 2.05) is 40.1 Å². The first kappa shape index (κ1) is 21.2. The fourth-order valence-corrected chi connectivity index (χ4v) is 5.84. The van der Waals surface area contributed by atoms with Crippen molar-refractivity contribution in [1.82, 2.24) is 30.1 Å². The van der Waals surface area contributed by atoms with Crippen molar-refractivity contribution in [2.45, 2.75) is 75.9 Å². The number of urea groups is 1. The zero-order chi connectivity index (χ0) is 21.9. The lowest BCUT2D eigenvalue weighted by molar-refractivity contribution is 0.119. The average Bonchev–Trinajstić information content (AvgIpc) is 3.49. The molecule has 32 heavy (non-hydrogen) atoms. The molecule has 3 fully saturated rings. The number of hydrogen-bond donors (Lipinski definition) is 1. The lowest BCUT2D eigenvalue weighted by Gasteiger charge is -2.43. The summed E-state index contributed by atoms with van der Waals surface area (Å²) < 4.78 is 0. The number of piperidine rings is 1. The highest BCUT2D eigenvalue weighted by molar-refractivity contribution is 5.93. The van der Waals surface area contributed by atoms with Crippen LogP contribution in [0.2, 0.25) is 0 Å². The Balaban J connectivity index is 1.35. The van der Waals surface area contributed by atoms with Gasteiger partial charge >= 0.3 is 6.03 Å². The first-order valence-electron chi connectivity index (χ1n) is 12.1. The Morgan fingerprint density at radius 1 is 0.938 bits per heavy atom. The van der Waals surface area contributed by atoms with Crippen LogP contribution in [0.3, 0.4) is 0 Å². The molecule has 1 atom stereocenters. The van der Waals surface area contributed by atoms with Crippen LogP contribution in [0.5, 0.6) is 0 Å². The summed E-state index contributed by atoms with van der Waals surface area (Å²) in [5, 5.41) is 11.6. The molecule has 1 aliphatic carbocycles. The van der Waals surface area contributed by atoms with Crippen molar-refractivity contribution in [3.05, 3.63) is 36.2 Å². The van der Waals surface area contributed by atoms with Crippen molar-refractivity contribution in [2.75, 3.05) is 30.4 Å². The molecule has 0 radical (unpaired) electrons. The number of carbonyl (C=O) groups is 1. The third-order valence-corrected chi connectivity index (χ3v) is 7.51. The lowest BCUT2D eigenvalue weighted by Crippen LogP contribution is -2.53. The molecule has 9 heteroatoms. The van der Waals surface area contributed by atoms with E-state index in [2.05, 4.69) is 20.4 Å². The van der Waals surface area contributed by atoms with Crippen LogP contribution >= 0.6 is 0 Å². The number of aromatic nitrogens is 4. The van der Waals surface area contributed by atoms with E-state index in [4.69, 9.17) is 5.84 Å². The van der Waals surface area contributed by atoms with E-state index in [0.717, 1.165) is 50.5 Å². The molecule has 2 saturated heterocycles. The number of nitrogen functional groups attached to an aromatic ring is 1. The second kappa shape index (κ2) is 9.44. The molecule has 3 aliphatic rings. The fourth-order valence-electron chi connectivity index (χ4n) is 5.84. The molecule has 0 spiro atoms. The molecule has 0 bridgehead atoms. The molecule has 2 amide bonds. The molecule has 172 valence electrons. The van der Waals surface area contributed by atoms with Crippen molar-refractivity contribution >= 4 is 11.7 Å². The largest absolute Gasteiger partial charge is 0.325 e. The number of amides is 2. The summed E-state index contributed by atoms with van der Waals surface area (Å²) in [6, 6.07) is 10.9. The van der Waals surface area contributed by atoms with Gasteiger partial charge in [-0.2, -0.15) is 0 Å². The number of carbonyl (C=O) groups excluding carboxylic acids is 1. The van der Waals surface area contributed by atoms with Crippen molar-refractivity contribution in [1.29, 1.82) is 0 Å². The summed E-state index contributed by atoms with van der Waals surface area (Å²) >= 11 is 0. The molecule has 1 saturated carbocycles. The Morgan fingerprint density at radius 3 is 2.38 bits per heavy atom. The molecule has 1 aromatic carbocycles. The van der Waals surface area contributed by atoms with E-state index >= 15 is 0 Å². The van der Waals surface area contributed by atoms with Crippen molar-refractivity contribution < 1.29 is 4.79 Å². The van der Waals surface area contributed by atoms with Gasteiger partial charge in [-0.25, -0.2) is 4.79 Å². The van der Waals surface area contributed by atoms with E-state index in [1.54, 1.807) is 0 Å². The molecule has 0 unspecified atom stereocenters.